The van der Waals surface area contributed by atoms with Crippen LogP contribution in [-0.2, 0) is 13.6 Å². The minimum absolute atomic E-state index is 0.434. The molecular weight excluding hydrogens is 366 g/mol. The fraction of sp³-hybridized carbons (Fsp3) is 0.333. The zero-order valence-corrected chi connectivity index (χ0v) is 16.7. The van der Waals surface area contributed by atoms with Crippen LogP contribution in [0.4, 0.5) is 5.82 Å². The Hall–Kier alpha value is -3.26. The van der Waals surface area contributed by atoms with Crippen LogP contribution in [0.2, 0.25) is 0 Å². The molecule has 8 heteroatoms. The van der Waals surface area contributed by atoms with Gasteiger partial charge in [0, 0.05) is 74.5 Å². The molecule has 1 amide bonds. The van der Waals surface area contributed by atoms with Crippen LogP contribution >= 0.6 is 0 Å². The van der Waals surface area contributed by atoms with E-state index in [9.17, 15) is 4.79 Å². The molecule has 0 aliphatic carbocycles. The Balaban J connectivity index is 1.47. The van der Waals surface area contributed by atoms with E-state index in [1.807, 2.05) is 30.1 Å². The van der Waals surface area contributed by atoms with Gasteiger partial charge >= 0.3 is 0 Å². The molecule has 0 spiro atoms. The maximum atomic E-state index is 11.3. The number of nitrogens with two attached hydrogens (primary N) is 1. The summed E-state index contributed by atoms with van der Waals surface area (Å²) in [5.41, 5.74) is 10.1. The van der Waals surface area contributed by atoms with E-state index >= 15 is 0 Å². The van der Waals surface area contributed by atoms with Crippen molar-refractivity contribution < 1.29 is 4.79 Å². The van der Waals surface area contributed by atoms with Gasteiger partial charge in [-0.1, -0.05) is 12.1 Å². The molecule has 29 heavy (non-hydrogen) atoms. The minimum Gasteiger partial charge on any atom is -0.366 e. The van der Waals surface area contributed by atoms with Gasteiger partial charge in [0.15, 0.2) is 5.82 Å². The lowest BCUT2D eigenvalue weighted by Crippen LogP contribution is -2.46. The number of amides is 1. The summed E-state index contributed by atoms with van der Waals surface area (Å²) < 4.78 is 1.92. The lowest BCUT2D eigenvalue weighted by atomic mass is 10.1. The molecule has 3 aromatic rings. The number of anilines is 1. The highest BCUT2D eigenvalue weighted by atomic mass is 16.1. The van der Waals surface area contributed by atoms with Gasteiger partial charge in [0.1, 0.15) is 5.69 Å². The van der Waals surface area contributed by atoms with E-state index in [1.165, 1.54) is 11.3 Å². The summed E-state index contributed by atoms with van der Waals surface area (Å²) in [6, 6.07) is 7.19. The normalized spacial score (nSPS) is 14.9. The molecule has 150 valence electrons. The van der Waals surface area contributed by atoms with Crippen molar-refractivity contribution in [2.45, 2.75) is 13.5 Å². The number of aromatic nitrogens is 4. The molecule has 1 aromatic carbocycles. The second-order valence-electron chi connectivity index (χ2n) is 7.31. The maximum absolute atomic E-state index is 11.3. The van der Waals surface area contributed by atoms with Crippen LogP contribution in [0.1, 0.15) is 21.6 Å². The van der Waals surface area contributed by atoms with Gasteiger partial charge in [0.05, 0.1) is 6.20 Å². The van der Waals surface area contributed by atoms with Crippen molar-refractivity contribution in [2.75, 3.05) is 31.1 Å². The van der Waals surface area contributed by atoms with E-state index < -0.39 is 5.91 Å². The first-order valence-corrected chi connectivity index (χ1v) is 9.69. The molecule has 1 aliphatic heterocycles. The van der Waals surface area contributed by atoms with E-state index in [1.54, 1.807) is 24.5 Å². The van der Waals surface area contributed by atoms with Crippen LogP contribution in [0, 0.1) is 6.92 Å². The average Bonchev–Trinajstić information content (AvgIpc) is 3.06. The first kappa shape index (κ1) is 19.1. The molecule has 1 saturated heterocycles. The van der Waals surface area contributed by atoms with Gasteiger partial charge in [-0.2, -0.15) is 5.10 Å². The Bertz CT molecular complexity index is 1000. The summed E-state index contributed by atoms with van der Waals surface area (Å²) in [7, 11) is 1.97. The molecule has 0 unspecified atom stereocenters. The van der Waals surface area contributed by atoms with Gasteiger partial charge in [0.25, 0.3) is 0 Å². The number of carbonyl (C=O) groups is 1. The van der Waals surface area contributed by atoms with Crippen LogP contribution in [0.25, 0.3) is 11.3 Å². The SMILES string of the molecule is Cc1c(CN2CCN(c3nccnc3-c3ccc(C(N)=O)cc3)CC2)cnn1C. The highest BCUT2D eigenvalue weighted by molar-refractivity contribution is 5.93. The first-order chi connectivity index (χ1) is 14.0. The standard InChI is InChI=1S/C21H25N7O/c1-15-18(13-25-26(15)2)14-27-9-11-28(12-10-27)21-19(23-7-8-24-21)16-3-5-17(6-4-16)20(22)29/h3-8,13H,9-12,14H2,1-2H3,(H2,22,29). The third-order valence-corrected chi connectivity index (χ3v) is 5.52. The minimum atomic E-state index is -0.434. The van der Waals surface area contributed by atoms with Crippen molar-refractivity contribution >= 4 is 11.7 Å². The van der Waals surface area contributed by atoms with Gasteiger partial charge in [-0.15, -0.1) is 0 Å². The molecule has 8 nitrogen and oxygen atoms in total. The monoisotopic (exact) mass is 391 g/mol. The van der Waals surface area contributed by atoms with Crippen LogP contribution < -0.4 is 10.6 Å². The number of hydrogen-bond acceptors (Lipinski definition) is 6. The third-order valence-electron chi connectivity index (χ3n) is 5.52. The fourth-order valence-electron chi connectivity index (χ4n) is 3.62. The quantitative estimate of drug-likeness (QED) is 0.710. The molecule has 0 saturated carbocycles. The number of primary amides is 1. The smallest absolute Gasteiger partial charge is 0.248 e. The second-order valence-corrected chi connectivity index (χ2v) is 7.31. The van der Waals surface area contributed by atoms with Crippen LogP contribution in [-0.4, -0.2) is 56.7 Å². The van der Waals surface area contributed by atoms with Crippen molar-refractivity contribution in [1.29, 1.82) is 0 Å². The van der Waals surface area contributed by atoms with Crippen LogP contribution in [0.3, 0.4) is 0 Å². The number of aryl methyl sites for hydroxylation is 1. The highest BCUT2D eigenvalue weighted by Crippen LogP contribution is 2.27. The number of benzene rings is 1. The third kappa shape index (κ3) is 3.97. The Kier molecular flexibility index (Phi) is 5.26. The number of rotatable bonds is 5. The van der Waals surface area contributed by atoms with Gasteiger partial charge in [-0.25, -0.2) is 4.98 Å². The first-order valence-electron chi connectivity index (χ1n) is 9.69. The molecule has 2 N–H and O–H groups in total. The van der Waals surface area contributed by atoms with Crippen molar-refractivity contribution in [1.82, 2.24) is 24.6 Å². The number of hydrogen-bond donors (Lipinski definition) is 1. The summed E-state index contributed by atoms with van der Waals surface area (Å²) >= 11 is 0. The molecule has 4 rings (SSSR count). The molecule has 2 aromatic heterocycles. The molecule has 1 aliphatic rings. The lowest BCUT2D eigenvalue weighted by molar-refractivity contribution is 0.100. The Morgan fingerprint density at radius 1 is 1.07 bits per heavy atom. The fourth-order valence-corrected chi connectivity index (χ4v) is 3.62. The van der Waals surface area contributed by atoms with Crippen molar-refractivity contribution in [3.8, 4) is 11.3 Å². The number of piperazine rings is 1. The average molecular weight is 391 g/mol. The molecule has 1 fully saturated rings. The molecule has 0 bridgehead atoms. The van der Waals surface area contributed by atoms with E-state index in [0.717, 1.165) is 49.8 Å². The summed E-state index contributed by atoms with van der Waals surface area (Å²) in [4.78, 5) is 25.2. The molecule has 3 heterocycles. The van der Waals surface area contributed by atoms with Gasteiger partial charge in [-0.05, 0) is 19.1 Å². The lowest BCUT2D eigenvalue weighted by Gasteiger charge is -2.35. The Morgan fingerprint density at radius 2 is 1.76 bits per heavy atom. The molecule has 0 atom stereocenters. The molecular formula is C21H25N7O. The van der Waals surface area contributed by atoms with E-state index in [-0.39, 0.29) is 0 Å². The number of nitrogens with zero attached hydrogens (tertiary/aromatic N) is 6. The van der Waals surface area contributed by atoms with E-state index in [0.29, 0.717) is 5.56 Å². The summed E-state index contributed by atoms with van der Waals surface area (Å²) in [5.74, 6) is 0.437. The van der Waals surface area contributed by atoms with Gasteiger partial charge < -0.3 is 10.6 Å². The summed E-state index contributed by atoms with van der Waals surface area (Å²) in [6.45, 7) is 6.67. The predicted molar refractivity (Wildman–Crippen MR) is 111 cm³/mol. The Morgan fingerprint density at radius 3 is 2.38 bits per heavy atom. The predicted octanol–water partition coefficient (Wildman–Crippen LogP) is 1.61. The van der Waals surface area contributed by atoms with Gasteiger partial charge in [-0.3, -0.25) is 19.4 Å². The highest BCUT2D eigenvalue weighted by Gasteiger charge is 2.22. The summed E-state index contributed by atoms with van der Waals surface area (Å²) in [5, 5.41) is 4.34. The van der Waals surface area contributed by atoms with E-state index in [4.69, 9.17) is 5.73 Å². The number of carbonyl (C=O) groups excluding carboxylic acids is 1. The van der Waals surface area contributed by atoms with Crippen LogP contribution in [0.5, 0.6) is 0 Å². The van der Waals surface area contributed by atoms with Gasteiger partial charge in [0.2, 0.25) is 5.91 Å². The zero-order valence-electron chi connectivity index (χ0n) is 16.7. The topological polar surface area (TPSA) is 93.2 Å². The molecule has 0 radical (unpaired) electrons. The maximum Gasteiger partial charge on any atom is 0.248 e. The van der Waals surface area contributed by atoms with Crippen molar-refractivity contribution in [3.63, 3.8) is 0 Å². The van der Waals surface area contributed by atoms with Crippen LogP contribution in [0.15, 0.2) is 42.9 Å². The van der Waals surface area contributed by atoms with E-state index in [2.05, 4.69) is 31.8 Å². The summed E-state index contributed by atoms with van der Waals surface area (Å²) in [6.07, 6.45) is 5.38. The second kappa shape index (κ2) is 8.00. The zero-order chi connectivity index (χ0) is 20.4. The van der Waals surface area contributed by atoms with Crippen molar-refractivity contribution in [3.05, 3.63) is 59.7 Å². The Labute approximate surface area is 170 Å². The largest absolute Gasteiger partial charge is 0.366 e. The van der Waals surface area contributed by atoms with Crippen molar-refractivity contribution in [2.24, 2.45) is 12.8 Å².